The molecule has 5 heteroatoms. The molecular formula is C25H29N3O2. The normalized spacial score (nSPS) is 18.2. The van der Waals surface area contributed by atoms with Gasteiger partial charge in [-0.3, -0.25) is 9.78 Å². The number of carbonyl (C=O) groups is 1. The molecule has 2 fully saturated rings. The summed E-state index contributed by atoms with van der Waals surface area (Å²) in [4.78, 5) is 21.5. The fourth-order valence-electron chi connectivity index (χ4n) is 4.41. The average Bonchev–Trinajstić information content (AvgIpc) is 3.55. The maximum Gasteiger partial charge on any atom is 0.225 e. The number of pyridine rings is 1. The minimum absolute atomic E-state index is 0.311. The Morgan fingerprint density at radius 2 is 1.87 bits per heavy atom. The van der Waals surface area contributed by atoms with E-state index in [4.69, 9.17) is 4.74 Å². The lowest BCUT2D eigenvalue weighted by Gasteiger charge is -2.37. The van der Waals surface area contributed by atoms with Crippen LogP contribution in [0.15, 0.2) is 36.5 Å². The highest BCUT2D eigenvalue weighted by molar-refractivity contribution is 5.92. The van der Waals surface area contributed by atoms with E-state index < -0.39 is 0 Å². The number of fused-ring (bicyclic) bond motifs is 1. The van der Waals surface area contributed by atoms with Gasteiger partial charge in [0, 0.05) is 56.0 Å². The van der Waals surface area contributed by atoms with Gasteiger partial charge in [0.25, 0.3) is 0 Å². The molecule has 5 rings (SSSR count). The lowest BCUT2D eigenvalue weighted by molar-refractivity contribution is -0.132. The maximum atomic E-state index is 12.4. The molecule has 2 heterocycles. The zero-order chi connectivity index (χ0) is 20.5. The zero-order valence-electron chi connectivity index (χ0n) is 17.6. The molecule has 156 valence electrons. The van der Waals surface area contributed by atoms with Gasteiger partial charge in [-0.15, -0.1) is 0 Å². The van der Waals surface area contributed by atoms with Gasteiger partial charge in [0.05, 0.1) is 12.3 Å². The van der Waals surface area contributed by atoms with Gasteiger partial charge in [0.15, 0.2) is 0 Å². The molecule has 0 N–H and O–H groups in total. The highest BCUT2D eigenvalue weighted by Gasteiger charge is 2.35. The summed E-state index contributed by atoms with van der Waals surface area (Å²) in [6, 6.07) is 10.5. The summed E-state index contributed by atoms with van der Waals surface area (Å²) in [7, 11) is 0. The van der Waals surface area contributed by atoms with Gasteiger partial charge >= 0.3 is 0 Å². The van der Waals surface area contributed by atoms with Gasteiger partial charge in [-0.25, -0.2) is 0 Å². The summed E-state index contributed by atoms with van der Waals surface area (Å²) in [5, 5.41) is 0. The molecule has 1 aromatic heterocycles. The number of anilines is 1. The zero-order valence-corrected chi connectivity index (χ0v) is 17.6. The Hall–Kier alpha value is -2.82. The minimum Gasteiger partial charge on any atom is -0.494 e. The van der Waals surface area contributed by atoms with Crippen LogP contribution in [0.2, 0.25) is 0 Å². The second kappa shape index (κ2) is 8.13. The van der Waals surface area contributed by atoms with E-state index in [9.17, 15) is 4.79 Å². The van der Waals surface area contributed by atoms with Crippen molar-refractivity contribution in [2.24, 2.45) is 5.92 Å². The Kier molecular flexibility index (Phi) is 5.19. The Morgan fingerprint density at radius 3 is 2.57 bits per heavy atom. The molecule has 1 aliphatic heterocycles. The molecule has 0 unspecified atom stereocenters. The first-order chi connectivity index (χ1) is 14.7. The monoisotopic (exact) mass is 403 g/mol. The van der Waals surface area contributed by atoms with E-state index in [2.05, 4.69) is 58.1 Å². The van der Waals surface area contributed by atoms with Crippen molar-refractivity contribution in [3.63, 3.8) is 0 Å². The number of benzene rings is 1. The Balaban J connectivity index is 1.30. The topological polar surface area (TPSA) is 45.7 Å². The van der Waals surface area contributed by atoms with Crippen LogP contribution in [0.4, 0.5) is 5.69 Å². The molecule has 0 radical (unpaired) electrons. The van der Waals surface area contributed by atoms with Crippen molar-refractivity contribution in [3.05, 3.63) is 53.3 Å². The first-order valence-electron chi connectivity index (χ1n) is 11.2. The SMILES string of the molecule is CCCOc1ccc(C2=Cc3c(N4CCN(C(=O)C5CC5)CC4)ccnc3C2)cc1. The van der Waals surface area contributed by atoms with Gasteiger partial charge in [-0.1, -0.05) is 19.1 Å². The van der Waals surface area contributed by atoms with Crippen LogP contribution in [0.3, 0.4) is 0 Å². The quantitative estimate of drug-likeness (QED) is 0.731. The van der Waals surface area contributed by atoms with Crippen molar-refractivity contribution in [1.82, 2.24) is 9.88 Å². The lowest BCUT2D eigenvalue weighted by atomic mass is 10.1. The van der Waals surface area contributed by atoms with Crippen LogP contribution in [0.1, 0.15) is 43.0 Å². The number of carbonyl (C=O) groups excluding carboxylic acids is 1. The molecule has 1 aromatic carbocycles. The summed E-state index contributed by atoms with van der Waals surface area (Å²) < 4.78 is 5.71. The van der Waals surface area contributed by atoms with Gasteiger partial charge < -0.3 is 14.5 Å². The number of aromatic nitrogens is 1. The number of rotatable bonds is 6. The second-order valence-corrected chi connectivity index (χ2v) is 8.50. The molecule has 3 aliphatic rings. The molecule has 1 amide bonds. The first-order valence-corrected chi connectivity index (χ1v) is 11.2. The molecule has 0 bridgehead atoms. The van der Waals surface area contributed by atoms with E-state index in [1.165, 1.54) is 22.4 Å². The Labute approximate surface area is 178 Å². The van der Waals surface area contributed by atoms with Gasteiger partial charge in [0.2, 0.25) is 5.91 Å². The number of piperazine rings is 1. The van der Waals surface area contributed by atoms with Crippen LogP contribution < -0.4 is 9.64 Å². The van der Waals surface area contributed by atoms with Crippen molar-refractivity contribution in [2.45, 2.75) is 32.6 Å². The summed E-state index contributed by atoms with van der Waals surface area (Å²) in [5.41, 5.74) is 6.15. The standard InChI is InChI=1S/C25H29N3O2/c1-2-15-30-21-7-5-18(6-8-21)20-16-22-23(17-20)26-10-9-24(22)27-11-13-28(14-12-27)25(29)19-3-4-19/h5-10,16,19H,2-4,11-15,17H2,1H3. The Morgan fingerprint density at radius 1 is 1.10 bits per heavy atom. The second-order valence-electron chi connectivity index (χ2n) is 8.50. The van der Waals surface area contributed by atoms with E-state index in [0.29, 0.717) is 11.8 Å². The molecular weight excluding hydrogens is 374 g/mol. The van der Waals surface area contributed by atoms with Crippen molar-refractivity contribution in [2.75, 3.05) is 37.7 Å². The minimum atomic E-state index is 0.311. The molecule has 1 saturated carbocycles. The third kappa shape index (κ3) is 3.81. The molecule has 5 nitrogen and oxygen atoms in total. The third-order valence-corrected chi connectivity index (χ3v) is 6.28. The number of allylic oxidation sites excluding steroid dienone is 1. The van der Waals surface area contributed by atoms with Crippen LogP contribution in [0, 0.1) is 5.92 Å². The van der Waals surface area contributed by atoms with Gasteiger partial charge in [-0.2, -0.15) is 0 Å². The van der Waals surface area contributed by atoms with Crippen LogP contribution in [0.25, 0.3) is 11.6 Å². The molecule has 0 atom stereocenters. The average molecular weight is 404 g/mol. The van der Waals surface area contributed by atoms with Gasteiger partial charge in [0.1, 0.15) is 5.75 Å². The molecule has 0 spiro atoms. The number of hydrogen-bond acceptors (Lipinski definition) is 4. The number of nitrogens with zero attached hydrogens (tertiary/aromatic N) is 3. The fraction of sp³-hybridized carbons (Fsp3) is 0.440. The first kappa shape index (κ1) is 19.2. The predicted octanol–water partition coefficient (Wildman–Crippen LogP) is 4.03. The molecule has 2 aromatic rings. The van der Waals surface area contributed by atoms with E-state index in [-0.39, 0.29) is 0 Å². The number of hydrogen-bond donors (Lipinski definition) is 0. The van der Waals surface area contributed by atoms with E-state index >= 15 is 0 Å². The number of ether oxygens (including phenoxy) is 1. The van der Waals surface area contributed by atoms with Crippen LogP contribution in [-0.2, 0) is 11.2 Å². The van der Waals surface area contributed by atoms with Crippen LogP contribution in [0.5, 0.6) is 5.75 Å². The van der Waals surface area contributed by atoms with E-state index in [0.717, 1.165) is 69.9 Å². The van der Waals surface area contributed by atoms with Crippen molar-refractivity contribution in [3.8, 4) is 5.75 Å². The highest BCUT2D eigenvalue weighted by atomic mass is 16.5. The summed E-state index contributed by atoms with van der Waals surface area (Å²) in [6.07, 6.45) is 8.25. The molecule has 1 saturated heterocycles. The Bertz CT molecular complexity index is 955. The van der Waals surface area contributed by atoms with Crippen LogP contribution >= 0.6 is 0 Å². The van der Waals surface area contributed by atoms with Crippen molar-refractivity contribution in [1.29, 1.82) is 0 Å². The summed E-state index contributed by atoms with van der Waals surface area (Å²) in [5.74, 6) is 1.60. The summed E-state index contributed by atoms with van der Waals surface area (Å²) >= 11 is 0. The third-order valence-electron chi connectivity index (χ3n) is 6.28. The van der Waals surface area contributed by atoms with Crippen LogP contribution in [-0.4, -0.2) is 48.6 Å². The molecule has 30 heavy (non-hydrogen) atoms. The van der Waals surface area contributed by atoms with Crippen molar-refractivity contribution >= 4 is 23.2 Å². The summed E-state index contributed by atoms with van der Waals surface area (Å²) in [6.45, 7) is 6.29. The largest absolute Gasteiger partial charge is 0.494 e. The van der Waals surface area contributed by atoms with E-state index in [1.54, 1.807) is 0 Å². The molecule has 2 aliphatic carbocycles. The highest BCUT2D eigenvalue weighted by Crippen LogP contribution is 2.37. The van der Waals surface area contributed by atoms with Gasteiger partial charge in [-0.05, 0) is 54.7 Å². The number of amides is 1. The smallest absolute Gasteiger partial charge is 0.225 e. The van der Waals surface area contributed by atoms with Crippen molar-refractivity contribution < 1.29 is 9.53 Å². The maximum absolute atomic E-state index is 12.4. The van der Waals surface area contributed by atoms with E-state index in [1.807, 2.05) is 6.20 Å². The fourth-order valence-corrected chi connectivity index (χ4v) is 4.41. The lowest BCUT2D eigenvalue weighted by Crippen LogP contribution is -2.49. The predicted molar refractivity (Wildman–Crippen MR) is 120 cm³/mol.